The number of aliphatic hydroxyl groups is 1. The van der Waals surface area contributed by atoms with Gasteiger partial charge in [-0.2, -0.15) is 0 Å². The van der Waals surface area contributed by atoms with E-state index in [-0.39, 0.29) is 6.61 Å². The zero-order chi connectivity index (χ0) is 12.3. The number of ether oxygens (including phenoxy) is 1. The molecule has 0 atom stereocenters. The standard InChI is InChI=1S/C14H21NO2/c1-2-11-17-14-8-4-3-7-13(14)12-15-9-5-6-10-16/h2-4,7-8,15-16H,1,5-6,9-12H2/p+1. The molecule has 1 aromatic carbocycles. The SMILES string of the molecule is C=CCOc1ccccc1C[NH2+]CCCCO. The number of unbranched alkanes of at least 4 members (excludes halogenated alkanes) is 1. The maximum atomic E-state index is 8.68. The number of para-hydroxylation sites is 1. The van der Waals surface area contributed by atoms with Crippen LogP contribution in [0.4, 0.5) is 0 Å². The Morgan fingerprint density at radius 2 is 2.12 bits per heavy atom. The van der Waals surface area contributed by atoms with Crippen molar-refractivity contribution in [1.82, 2.24) is 0 Å². The molecule has 0 aromatic heterocycles. The summed E-state index contributed by atoms with van der Waals surface area (Å²) >= 11 is 0. The third-order valence-corrected chi connectivity index (χ3v) is 2.51. The van der Waals surface area contributed by atoms with Crippen LogP contribution in [0.25, 0.3) is 0 Å². The number of rotatable bonds is 9. The molecule has 0 unspecified atom stereocenters. The quantitative estimate of drug-likeness (QED) is 0.498. The molecule has 1 rings (SSSR count). The smallest absolute Gasteiger partial charge is 0.128 e. The molecule has 0 aliphatic heterocycles. The average molecular weight is 236 g/mol. The first-order valence-corrected chi connectivity index (χ1v) is 6.12. The summed E-state index contributed by atoms with van der Waals surface area (Å²) in [6.45, 7) is 6.43. The molecule has 94 valence electrons. The molecule has 3 N–H and O–H groups in total. The van der Waals surface area contributed by atoms with Gasteiger partial charge in [0.15, 0.2) is 0 Å². The Hall–Kier alpha value is -1.32. The van der Waals surface area contributed by atoms with E-state index in [1.807, 2.05) is 18.2 Å². The molecule has 0 spiro atoms. The lowest BCUT2D eigenvalue weighted by atomic mass is 10.2. The lowest BCUT2D eigenvalue weighted by Gasteiger charge is -2.09. The molecule has 0 aliphatic carbocycles. The Labute approximate surface area is 103 Å². The van der Waals surface area contributed by atoms with E-state index in [4.69, 9.17) is 9.84 Å². The lowest BCUT2D eigenvalue weighted by Crippen LogP contribution is -2.82. The van der Waals surface area contributed by atoms with Gasteiger partial charge in [0.25, 0.3) is 0 Å². The molecule has 0 saturated carbocycles. The van der Waals surface area contributed by atoms with E-state index in [2.05, 4.69) is 18.0 Å². The van der Waals surface area contributed by atoms with Gasteiger partial charge in [-0.25, -0.2) is 0 Å². The minimum Gasteiger partial charge on any atom is -0.489 e. The van der Waals surface area contributed by atoms with Gasteiger partial charge in [-0.15, -0.1) is 0 Å². The van der Waals surface area contributed by atoms with Gasteiger partial charge in [0.2, 0.25) is 0 Å². The molecular formula is C14H22NO2+. The predicted molar refractivity (Wildman–Crippen MR) is 69.0 cm³/mol. The van der Waals surface area contributed by atoms with Crippen LogP contribution in [0.1, 0.15) is 18.4 Å². The maximum absolute atomic E-state index is 8.68. The normalized spacial score (nSPS) is 10.2. The summed E-state index contributed by atoms with van der Waals surface area (Å²) in [7, 11) is 0. The van der Waals surface area contributed by atoms with Crippen LogP contribution in [0.5, 0.6) is 5.75 Å². The Kier molecular flexibility index (Phi) is 7.11. The van der Waals surface area contributed by atoms with Crippen LogP contribution < -0.4 is 10.1 Å². The van der Waals surface area contributed by atoms with Crippen LogP contribution in [0.3, 0.4) is 0 Å². The molecule has 0 aliphatic rings. The van der Waals surface area contributed by atoms with Crippen molar-refractivity contribution in [2.75, 3.05) is 19.8 Å². The summed E-state index contributed by atoms with van der Waals surface area (Å²) < 4.78 is 5.59. The highest BCUT2D eigenvalue weighted by molar-refractivity contribution is 5.32. The molecule has 1 aromatic rings. The predicted octanol–water partition coefficient (Wildman–Crippen LogP) is 1.09. The van der Waals surface area contributed by atoms with E-state index >= 15 is 0 Å². The van der Waals surface area contributed by atoms with Gasteiger partial charge in [0.1, 0.15) is 18.9 Å². The van der Waals surface area contributed by atoms with Gasteiger partial charge < -0.3 is 15.2 Å². The second kappa shape index (κ2) is 8.79. The fourth-order valence-electron chi connectivity index (χ4n) is 1.62. The van der Waals surface area contributed by atoms with Gasteiger partial charge in [-0.05, 0) is 25.0 Å². The summed E-state index contributed by atoms with van der Waals surface area (Å²) in [4.78, 5) is 0. The van der Waals surface area contributed by atoms with Gasteiger partial charge in [-0.3, -0.25) is 0 Å². The number of benzene rings is 1. The monoisotopic (exact) mass is 236 g/mol. The van der Waals surface area contributed by atoms with Crippen LogP contribution >= 0.6 is 0 Å². The van der Waals surface area contributed by atoms with Gasteiger partial charge in [0.05, 0.1) is 6.54 Å². The molecule has 0 radical (unpaired) electrons. The molecule has 0 bridgehead atoms. The van der Waals surface area contributed by atoms with E-state index in [1.54, 1.807) is 6.08 Å². The minimum atomic E-state index is 0.285. The molecule has 0 saturated heterocycles. The molecule has 3 heteroatoms. The average Bonchev–Trinajstić information content (AvgIpc) is 2.37. The summed E-state index contributed by atoms with van der Waals surface area (Å²) in [5.41, 5.74) is 1.21. The van der Waals surface area contributed by atoms with Crippen LogP contribution in [0.2, 0.25) is 0 Å². The van der Waals surface area contributed by atoms with Gasteiger partial charge in [0, 0.05) is 12.2 Å². The van der Waals surface area contributed by atoms with Crippen molar-refractivity contribution in [2.45, 2.75) is 19.4 Å². The second-order valence-electron chi connectivity index (χ2n) is 3.92. The fraction of sp³-hybridized carbons (Fsp3) is 0.429. The number of hydrogen-bond donors (Lipinski definition) is 2. The van der Waals surface area contributed by atoms with Crippen molar-refractivity contribution in [1.29, 1.82) is 0 Å². The van der Waals surface area contributed by atoms with Crippen molar-refractivity contribution in [3.8, 4) is 5.75 Å². The van der Waals surface area contributed by atoms with Gasteiger partial charge >= 0.3 is 0 Å². The summed E-state index contributed by atoms with van der Waals surface area (Å²) in [5.74, 6) is 0.936. The maximum Gasteiger partial charge on any atom is 0.128 e. The largest absolute Gasteiger partial charge is 0.489 e. The first-order valence-electron chi connectivity index (χ1n) is 6.12. The highest BCUT2D eigenvalue weighted by atomic mass is 16.5. The zero-order valence-corrected chi connectivity index (χ0v) is 10.3. The van der Waals surface area contributed by atoms with E-state index < -0.39 is 0 Å². The van der Waals surface area contributed by atoms with E-state index in [9.17, 15) is 0 Å². The lowest BCUT2D eigenvalue weighted by molar-refractivity contribution is -0.671. The Bertz CT molecular complexity index is 326. The summed E-state index contributed by atoms with van der Waals surface area (Å²) in [6, 6.07) is 8.08. The highest BCUT2D eigenvalue weighted by Gasteiger charge is 2.03. The summed E-state index contributed by atoms with van der Waals surface area (Å²) in [5, 5.41) is 10.9. The second-order valence-corrected chi connectivity index (χ2v) is 3.92. The van der Waals surface area contributed by atoms with Crippen molar-refractivity contribution in [3.63, 3.8) is 0 Å². The van der Waals surface area contributed by atoms with Crippen molar-refractivity contribution in [2.24, 2.45) is 0 Å². The third kappa shape index (κ3) is 5.52. The number of quaternary nitrogens is 1. The molecule has 0 heterocycles. The van der Waals surface area contributed by atoms with Crippen molar-refractivity contribution in [3.05, 3.63) is 42.5 Å². The van der Waals surface area contributed by atoms with E-state index in [1.165, 1.54) is 5.56 Å². The Balaban J connectivity index is 2.37. The van der Waals surface area contributed by atoms with Crippen LogP contribution in [0.15, 0.2) is 36.9 Å². The fourth-order valence-corrected chi connectivity index (χ4v) is 1.62. The zero-order valence-electron chi connectivity index (χ0n) is 10.3. The molecule has 0 fully saturated rings. The Morgan fingerprint density at radius 1 is 1.29 bits per heavy atom. The first kappa shape index (κ1) is 13.7. The van der Waals surface area contributed by atoms with E-state index in [0.29, 0.717) is 6.61 Å². The van der Waals surface area contributed by atoms with Gasteiger partial charge in [-0.1, -0.05) is 24.8 Å². The minimum absolute atomic E-state index is 0.285. The topological polar surface area (TPSA) is 46.1 Å². The number of hydrogen-bond acceptors (Lipinski definition) is 2. The first-order chi connectivity index (χ1) is 8.38. The van der Waals surface area contributed by atoms with Crippen LogP contribution in [0, 0.1) is 0 Å². The molecule has 3 nitrogen and oxygen atoms in total. The molecular weight excluding hydrogens is 214 g/mol. The van der Waals surface area contributed by atoms with Crippen LogP contribution in [-0.2, 0) is 6.54 Å². The van der Waals surface area contributed by atoms with Crippen molar-refractivity contribution >= 4 is 0 Å². The molecule has 0 amide bonds. The third-order valence-electron chi connectivity index (χ3n) is 2.51. The van der Waals surface area contributed by atoms with E-state index in [0.717, 1.165) is 31.7 Å². The van der Waals surface area contributed by atoms with Crippen LogP contribution in [-0.4, -0.2) is 24.9 Å². The number of nitrogens with two attached hydrogens (primary N) is 1. The molecule has 17 heavy (non-hydrogen) atoms. The van der Waals surface area contributed by atoms with Crippen molar-refractivity contribution < 1.29 is 15.2 Å². The summed E-state index contributed by atoms with van der Waals surface area (Å²) in [6.07, 6.45) is 3.68. The number of aliphatic hydroxyl groups excluding tert-OH is 1. The highest BCUT2D eigenvalue weighted by Crippen LogP contribution is 2.16. The Morgan fingerprint density at radius 3 is 2.88 bits per heavy atom.